The van der Waals surface area contributed by atoms with Crippen molar-refractivity contribution in [3.8, 4) is 0 Å². The lowest BCUT2D eigenvalue weighted by Crippen LogP contribution is -1.96. The van der Waals surface area contributed by atoms with Crippen LogP contribution in [-0.4, -0.2) is 4.98 Å². The number of aromatic nitrogens is 1. The summed E-state index contributed by atoms with van der Waals surface area (Å²) in [5.74, 6) is 0. The molecule has 0 aliphatic rings. The van der Waals surface area contributed by atoms with Crippen LogP contribution in [0.15, 0.2) is 23.7 Å². The predicted molar refractivity (Wildman–Crippen MR) is 65.2 cm³/mol. The van der Waals surface area contributed by atoms with Crippen molar-refractivity contribution < 1.29 is 0 Å². The van der Waals surface area contributed by atoms with Gasteiger partial charge in [-0.15, -0.1) is 11.3 Å². The summed E-state index contributed by atoms with van der Waals surface area (Å²) in [7, 11) is 0. The summed E-state index contributed by atoms with van der Waals surface area (Å²) in [6.45, 7) is 4.09. The van der Waals surface area contributed by atoms with Crippen molar-refractivity contribution in [2.45, 2.75) is 20.3 Å². The Hall–Kier alpha value is -1.35. The van der Waals surface area contributed by atoms with Crippen LogP contribution >= 0.6 is 11.3 Å². The van der Waals surface area contributed by atoms with Crippen molar-refractivity contribution >= 4 is 17.0 Å². The zero-order valence-corrected chi connectivity index (χ0v) is 9.77. The van der Waals surface area contributed by atoms with E-state index in [0.29, 0.717) is 0 Å². The SMILES string of the molecule is Cc1ccc(Cc2scnc2C)c(N)c1. The Balaban J connectivity index is 2.29. The number of nitrogen functional groups attached to an aromatic ring is 1. The van der Waals surface area contributed by atoms with Crippen LogP contribution in [0.25, 0.3) is 0 Å². The lowest BCUT2D eigenvalue weighted by molar-refractivity contribution is 1.15. The maximum atomic E-state index is 5.97. The molecule has 2 N–H and O–H groups in total. The lowest BCUT2D eigenvalue weighted by atomic mass is 10.1. The Morgan fingerprint density at radius 3 is 2.73 bits per heavy atom. The van der Waals surface area contributed by atoms with Crippen LogP contribution in [0.3, 0.4) is 0 Å². The molecule has 2 aromatic rings. The number of nitrogens with two attached hydrogens (primary N) is 1. The van der Waals surface area contributed by atoms with E-state index in [0.717, 1.165) is 17.8 Å². The van der Waals surface area contributed by atoms with Crippen LogP contribution in [0.2, 0.25) is 0 Å². The fourth-order valence-electron chi connectivity index (χ4n) is 1.54. The van der Waals surface area contributed by atoms with Crippen molar-refractivity contribution in [1.29, 1.82) is 0 Å². The summed E-state index contributed by atoms with van der Waals surface area (Å²) in [4.78, 5) is 5.53. The second-order valence-corrected chi connectivity index (χ2v) is 4.68. The molecule has 1 aromatic carbocycles. The first-order valence-electron chi connectivity index (χ1n) is 4.91. The molecule has 0 fully saturated rings. The van der Waals surface area contributed by atoms with Crippen molar-refractivity contribution in [2.24, 2.45) is 0 Å². The highest BCUT2D eigenvalue weighted by atomic mass is 32.1. The Morgan fingerprint density at radius 2 is 2.13 bits per heavy atom. The molecule has 1 aromatic heterocycles. The molecular weight excluding hydrogens is 204 g/mol. The molecule has 78 valence electrons. The average molecular weight is 218 g/mol. The van der Waals surface area contributed by atoms with Gasteiger partial charge in [0, 0.05) is 17.0 Å². The fourth-order valence-corrected chi connectivity index (χ4v) is 2.34. The number of hydrogen-bond acceptors (Lipinski definition) is 3. The second-order valence-electron chi connectivity index (χ2n) is 3.74. The number of benzene rings is 1. The Morgan fingerprint density at radius 1 is 1.33 bits per heavy atom. The van der Waals surface area contributed by atoms with Crippen LogP contribution in [0, 0.1) is 13.8 Å². The van der Waals surface area contributed by atoms with Crippen LogP contribution in [0.5, 0.6) is 0 Å². The van der Waals surface area contributed by atoms with Gasteiger partial charge in [-0.25, -0.2) is 4.98 Å². The summed E-state index contributed by atoms with van der Waals surface area (Å²) in [5.41, 5.74) is 12.2. The summed E-state index contributed by atoms with van der Waals surface area (Å²) in [5, 5.41) is 0. The monoisotopic (exact) mass is 218 g/mol. The maximum Gasteiger partial charge on any atom is 0.0797 e. The van der Waals surface area contributed by atoms with E-state index in [1.54, 1.807) is 11.3 Å². The van der Waals surface area contributed by atoms with Gasteiger partial charge < -0.3 is 5.73 Å². The number of anilines is 1. The molecule has 3 heteroatoms. The van der Waals surface area contributed by atoms with Gasteiger partial charge in [0.15, 0.2) is 0 Å². The zero-order chi connectivity index (χ0) is 10.8. The van der Waals surface area contributed by atoms with Crippen molar-refractivity contribution in [1.82, 2.24) is 4.98 Å². The van der Waals surface area contributed by atoms with E-state index in [1.807, 2.05) is 18.5 Å². The van der Waals surface area contributed by atoms with E-state index in [9.17, 15) is 0 Å². The molecule has 0 spiro atoms. The number of thiazole rings is 1. The molecular formula is C12H14N2S. The molecule has 0 aliphatic heterocycles. The minimum atomic E-state index is 0.878. The normalized spacial score (nSPS) is 10.5. The van der Waals surface area contributed by atoms with Gasteiger partial charge >= 0.3 is 0 Å². The summed E-state index contributed by atoms with van der Waals surface area (Å²) in [6, 6.07) is 6.22. The van der Waals surface area contributed by atoms with Gasteiger partial charge in [0.1, 0.15) is 0 Å². The third-order valence-corrected chi connectivity index (χ3v) is 3.43. The van der Waals surface area contributed by atoms with Gasteiger partial charge in [-0.2, -0.15) is 0 Å². The van der Waals surface area contributed by atoms with E-state index < -0.39 is 0 Å². The fraction of sp³-hybridized carbons (Fsp3) is 0.250. The molecule has 0 saturated carbocycles. The lowest BCUT2D eigenvalue weighted by Gasteiger charge is -2.05. The molecule has 0 unspecified atom stereocenters. The minimum Gasteiger partial charge on any atom is -0.398 e. The van der Waals surface area contributed by atoms with E-state index in [-0.39, 0.29) is 0 Å². The molecule has 2 rings (SSSR count). The molecule has 0 radical (unpaired) electrons. The van der Waals surface area contributed by atoms with Crippen molar-refractivity contribution in [3.05, 3.63) is 45.4 Å². The number of nitrogens with zero attached hydrogens (tertiary/aromatic N) is 1. The molecule has 0 atom stereocenters. The van der Waals surface area contributed by atoms with Gasteiger partial charge in [0.05, 0.1) is 11.2 Å². The van der Waals surface area contributed by atoms with Crippen LogP contribution < -0.4 is 5.73 Å². The molecule has 0 aliphatic carbocycles. The van der Waals surface area contributed by atoms with Crippen LogP contribution in [-0.2, 0) is 6.42 Å². The van der Waals surface area contributed by atoms with Gasteiger partial charge in [0.25, 0.3) is 0 Å². The van der Waals surface area contributed by atoms with Gasteiger partial charge in [0.2, 0.25) is 0 Å². The molecule has 0 amide bonds. The topological polar surface area (TPSA) is 38.9 Å². The van der Waals surface area contributed by atoms with Gasteiger partial charge in [-0.05, 0) is 31.0 Å². The summed E-state index contributed by atoms with van der Waals surface area (Å²) < 4.78 is 0. The molecule has 2 nitrogen and oxygen atoms in total. The van der Waals surface area contributed by atoms with E-state index in [1.165, 1.54) is 16.0 Å². The highest BCUT2D eigenvalue weighted by molar-refractivity contribution is 7.09. The van der Waals surface area contributed by atoms with E-state index in [2.05, 4.69) is 24.0 Å². The van der Waals surface area contributed by atoms with Gasteiger partial charge in [-0.1, -0.05) is 12.1 Å². The highest BCUT2D eigenvalue weighted by Crippen LogP contribution is 2.21. The summed E-state index contributed by atoms with van der Waals surface area (Å²) >= 11 is 1.69. The molecule has 0 bridgehead atoms. The first-order chi connectivity index (χ1) is 7.16. The third-order valence-electron chi connectivity index (χ3n) is 2.50. The maximum absolute atomic E-state index is 5.97. The van der Waals surface area contributed by atoms with E-state index >= 15 is 0 Å². The number of rotatable bonds is 2. The van der Waals surface area contributed by atoms with E-state index in [4.69, 9.17) is 5.73 Å². The largest absolute Gasteiger partial charge is 0.398 e. The Bertz CT molecular complexity index is 474. The standard InChI is InChI=1S/C12H14N2S/c1-8-3-4-10(11(13)5-8)6-12-9(2)14-7-15-12/h3-5,7H,6,13H2,1-2H3. The Kier molecular flexibility index (Phi) is 2.73. The predicted octanol–water partition coefficient (Wildman–Crippen LogP) is 2.93. The van der Waals surface area contributed by atoms with Crippen molar-refractivity contribution in [2.75, 3.05) is 5.73 Å². The second kappa shape index (κ2) is 4.03. The highest BCUT2D eigenvalue weighted by Gasteiger charge is 2.05. The minimum absolute atomic E-state index is 0.878. The zero-order valence-electron chi connectivity index (χ0n) is 8.95. The van der Waals surface area contributed by atoms with Crippen molar-refractivity contribution in [3.63, 3.8) is 0 Å². The first-order valence-corrected chi connectivity index (χ1v) is 5.79. The van der Waals surface area contributed by atoms with Crippen LogP contribution in [0.4, 0.5) is 5.69 Å². The average Bonchev–Trinajstić information content (AvgIpc) is 2.57. The quantitative estimate of drug-likeness (QED) is 0.787. The molecule has 15 heavy (non-hydrogen) atoms. The molecule has 1 heterocycles. The first kappa shape index (κ1) is 10.2. The molecule has 0 saturated heterocycles. The van der Waals surface area contributed by atoms with Crippen LogP contribution in [0.1, 0.15) is 21.7 Å². The Labute approximate surface area is 93.8 Å². The third kappa shape index (κ3) is 2.18. The smallest absolute Gasteiger partial charge is 0.0797 e. The summed E-state index contributed by atoms with van der Waals surface area (Å²) in [6.07, 6.45) is 0.891. The number of hydrogen-bond donors (Lipinski definition) is 1. The number of aryl methyl sites for hydroxylation is 2. The van der Waals surface area contributed by atoms with Gasteiger partial charge in [-0.3, -0.25) is 0 Å².